The van der Waals surface area contributed by atoms with Crippen molar-refractivity contribution in [1.29, 1.82) is 0 Å². The van der Waals surface area contributed by atoms with Gasteiger partial charge in [-0.15, -0.1) is 0 Å². The van der Waals surface area contributed by atoms with E-state index in [1.54, 1.807) is 7.11 Å². The van der Waals surface area contributed by atoms with E-state index in [-0.39, 0.29) is 12.0 Å². The van der Waals surface area contributed by atoms with Crippen LogP contribution < -0.4 is 10.1 Å². The summed E-state index contributed by atoms with van der Waals surface area (Å²) in [7, 11) is 1.70. The SMILES string of the molecule is COc1ccc2c(c1)C1CC3NCCCC3C(=O)N1CC2. The molecule has 0 bridgehead atoms. The van der Waals surface area contributed by atoms with Crippen molar-refractivity contribution in [1.82, 2.24) is 10.2 Å². The number of carbonyl (C=O) groups is 1. The first kappa shape index (κ1) is 13.1. The number of amides is 1. The van der Waals surface area contributed by atoms with Gasteiger partial charge in [-0.05, 0) is 55.5 Å². The van der Waals surface area contributed by atoms with Gasteiger partial charge in [-0.2, -0.15) is 0 Å². The lowest BCUT2D eigenvalue weighted by atomic mass is 9.77. The highest BCUT2D eigenvalue weighted by Gasteiger charge is 2.44. The molecule has 3 atom stereocenters. The zero-order chi connectivity index (χ0) is 14.4. The molecule has 3 unspecified atom stereocenters. The van der Waals surface area contributed by atoms with Crippen molar-refractivity contribution < 1.29 is 9.53 Å². The van der Waals surface area contributed by atoms with Crippen LogP contribution in [0, 0.1) is 5.92 Å². The smallest absolute Gasteiger partial charge is 0.227 e. The lowest BCUT2D eigenvalue weighted by Crippen LogP contribution is -2.57. The molecule has 3 aliphatic rings. The summed E-state index contributed by atoms with van der Waals surface area (Å²) in [4.78, 5) is 14.9. The van der Waals surface area contributed by atoms with E-state index in [2.05, 4.69) is 22.3 Å². The Labute approximate surface area is 125 Å². The number of ether oxygens (including phenoxy) is 1. The van der Waals surface area contributed by atoms with Gasteiger partial charge in [0.2, 0.25) is 5.91 Å². The van der Waals surface area contributed by atoms with Crippen LogP contribution in [0.1, 0.15) is 36.4 Å². The molecule has 1 aromatic carbocycles. The van der Waals surface area contributed by atoms with Crippen LogP contribution in [0.4, 0.5) is 0 Å². The quantitative estimate of drug-likeness (QED) is 0.857. The van der Waals surface area contributed by atoms with Crippen LogP contribution in [-0.4, -0.2) is 37.0 Å². The summed E-state index contributed by atoms with van der Waals surface area (Å²) in [6.45, 7) is 1.91. The molecule has 2 saturated heterocycles. The van der Waals surface area contributed by atoms with E-state index in [9.17, 15) is 4.79 Å². The van der Waals surface area contributed by atoms with E-state index in [1.165, 1.54) is 11.1 Å². The lowest BCUT2D eigenvalue weighted by Gasteiger charge is -2.48. The highest BCUT2D eigenvalue weighted by atomic mass is 16.5. The largest absolute Gasteiger partial charge is 0.497 e. The maximum atomic E-state index is 12.8. The number of methoxy groups -OCH3 is 1. The molecule has 3 aliphatic heterocycles. The van der Waals surface area contributed by atoms with Gasteiger partial charge in [0.15, 0.2) is 0 Å². The number of benzene rings is 1. The fourth-order valence-corrected chi connectivity index (χ4v) is 4.27. The zero-order valence-corrected chi connectivity index (χ0v) is 12.5. The Balaban J connectivity index is 1.71. The van der Waals surface area contributed by atoms with E-state index in [0.717, 1.165) is 44.5 Å². The lowest BCUT2D eigenvalue weighted by molar-refractivity contribution is -0.145. The Bertz CT molecular complexity index is 572. The Morgan fingerprint density at radius 1 is 1.38 bits per heavy atom. The molecule has 0 spiro atoms. The number of piperidine rings is 2. The van der Waals surface area contributed by atoms with Crippen molar-refractivity contribution in [2.75, 3.05) is 20.2 Å². The molecule has 0 aromatic heterocycles. The summed E-state index contributed by atoms with van der Waals surface area (Å²) in [5.74, 6) is 1.45. The van der Waals surface area contributed by atoms with E-state index in [0.29, 0.717) is 11.9 Å². The first-order valence-electron chi connectivity index (χ1n) is 7.98. The zero-order valence-electron chi connectivity index (χ0n) is 12.5. The summed E-state index contributed by atoms with van der Waals surface area (Å²) >= 11 is 0. The van der Waals surface area contributed by atoms with E-state index < -0.39 is 0 Å². The second kappa shape index (κ2) is 5.02. The molecule has 1 amide bonds. The summed E-state index contributed by atoms with van der Waals surface area (Å²) in [6.07, 6.45) is 4.17. The van der Waals surface area contributed by atoms with Gasteiger partial charge in [0.05, 0.1) is 19.1 Å². The summed E-state index contributed by atoms with van der Waals surface area (Å²) in [5.41, 5.74) is 2.67. The van der Waals surface area contributed by atoms with E-state index in [1.807, 2.05) is 6.07 Å². The van der Waals surface area contributed by atoms with Crippen molar-refractivity contribution in [2.24, 2.45) is 5.92 Å². The number of fused-ring (bicyclic) bond motifs is 4. The van der Waals surface area contributed by atoms with Crippen LogP contribution in [0.25, 0.3) is 0 Å². The fourth-order valence-electron chi connectivity index (χ4n) is 4.27. The molecule has 4 heteroatoms. The molecule has 3 heterocycles. The molecule has 0 aliphatic carbocycles. The second-order valence-electron chi connectivity index (χ2n) is 6.41. The van der Waals surface area contributed by atoms with E-state index in [4.69, 9.17) is 4.74 Å². The summed E-state index contributed by atoms with van der Waals surface area (Å²) in [6, 6.07) is 6.90. The molecule has 0 radical (unpaired) electrons. The molecule has 4 nitrogen and oxygen atoms in total. The van der Waals surface area contributed by atoms with Gasteiger partial charge in [0.25, 0.3) is 0 Å². The molecular formula is C17H22N2O2. The Hall–Kier alpha value is -1.55. The molecule has 0 saturated carbocycles. The van der Waals surface area contributed by atoms with Gasteiger partial charge in [-0.3, -0.25) is 4.79 Å². The van der Waals surface area contributed by atoms with E-state index >= 15 is 0 Å². The van der Waals surface area contributed by atoms with Gasteiger partial charge in [0, 0.05) is 12.6 Å². The minimum Gasteiger partial charge on any atom is -0.497 e. The molecule has 2 fully saturated rings. The maximum Gasteiger partial charge on any atom is 0.227 e. The third-order valence-corrected chi connectivity index (χ3v) is 5.37. The third-order valence-electron chi connectivity index (χ3n) is 5.37. The van der Waals surface area contributed by atoms with Crippen molar-refractivity contribution in [3.05, 3.63) is 29.3 Å². The minimum atomic E-state index is 0.196. The van der Waals surface area contributed by atoms with Gasteiger partial charge < -0.3 is 15.0 Å². The second-order valence-corrected chi connectivity index (χ2v) is 6.41. The van der Waals surface area contributed by atoms with Crippen molar-refractivity contribution >= 4 is 5.91 Å². The average Bonchev–Trinajstić information content (AvgIpc) is 2.54. The van der Waals surface area contributed by atoms with Crippen molar-refractivity contribution in [3.63, 3.8) is 0 Å². The topological polar surface area (TPSA) is 41.6 Å². The third kappa shape index (κ3) is 2.04. The predicted molar refractivity (Wildman–Crippen MR) is 80.3 cm³/mol. The standard InChI is InChI=1S/C17H22N2O2/c1-21-12-5-4-11-6-8-19-16(14(11)9-12)10-15-13(17(19)20)3-2-7-18-15/h4-5,9,13,15-16,18H,2-3,6-8,10H2,1H3. The predicted octanol–water partition coefficient (Wildman–Crippen LogP) is 1.89. The monoisotopic (exact) mass is 286 g/mol. The number of nitrogens with zero attached hydrogens (tertiary/aromatic N) is 1. The normalized spacial score (nSPS) is 31.2. The van der Waals surface area contributed by atoms with Gasteiger partial charge in [0.1, 0.15) is 5.75 Å². The number of hydrogen-bond acceptors (Lipinski definition) is 3. The summed E-state index contributed by atoms with van der Waals surface area (Å²) < 4.78 is 5.37. The van der Waals surface area contributed by atoms with Crippen molar-refractivity contribution in [2.45, 2.75) is 37.8 Å². The molecule has 1 aromatic rings. The van der Waals surface area contributed by atoms with Crippen LogP contribution >= 0.6 is 0 Å². The Morgan fingerprint density at radius 3 is 3.14 bits per heavy atom. The van der Waals surface area contributed by atoms with Crippen LogP contribution in [0.5, 0.6) is 5.75 Å². The molecule has 112 valence electrons. The van der Waals surface area contributed by atoms with Crippen LogP contribution in [0.15, 0.2) is 18.2 Å². The highest BCUT2D eigenvalue weighted by Crippen LogP contribution is 2.42. The number of hydrogen-bond donors (Lipinski definition) is 1. The maximum absolute atomic E-state index is 12.8. The average molecular weight is 286 g/mol. The Morgan fingerprint density at radius 2 is 2.29 bits per heavy atom. The highest BCUT2D eigenvalue weighted by molar-refractivity contribution is 5.81. The van der Waals surface area contributed by atoms with Gasteiger partial charge in [-0.1, -0.05) is 6.07 Å². The molecule has 4 rings (SSSR count). The van der Waals surface area contributed by atoms with Gasteiger partial charge in [-0.25, -0.2) is 0 Å². The molecule has 21 heavy (non-hydrogen) atoms. The summed E-state index contributed by atoms with van der Waals surface area (Å²) in [5, 5.41) is 3.57. The van der Waals surface area contributed by atoms with Crippen molar-refractivity contribution in [3.8, 4) is 5.75 Å². The first-order valence-corrected chi connectivity index (χ1v) is 7.98. The van der Waals surface area contributed by atoms with Crippen LogP contribution in [-0.2, 0) is 11.2 Å². The number of rotatable bonds is 1. The fraction of sp³-hybridized carbons (Fsp3) is 0.588. The number of nitrogens with one attached hydrogen (secondary N) is 1. The first-order chi connectivity index (χ1) is 10.3. The molecular weight excluding hydrogens is 264 g/mol. The molecule has 1 N–H and O–H groups in total. The van der Waals surface area contributed by atoms with Gasteiger partial charge >= 0.3 is 0 Å². The number of carbonyl (C=O) groups excluding carboxylic acids is 1. The van der Waals surface area contributed by atoms with Crippen LogP contribution in [0.3, 0.4) is 0 Å². The Kier molecular flexibility index (Phi) is 3.14. The minimum absolute atomic E-state index is 0.196. The van der Waals surface area contributed by atoms with Crippen LogP contribution in [0.2, 0.25) is 0 Å².